The number of amides is 2. The molecule has 0 fully saturated rings. The number of rotatable bonds is 5. The van der Waals surface area contributed by atoms with E-state index in [1.54, 1.807) is 0 Å². The minimum Gasteiger partial charge on any atom is -0.506 e. The zero-order valence-corrected chi connectivity index (χ0v) is 12.0. The van der Waals surface area contributed by atoms with Crippen molar-refractivity contribution in [3.8, 4) is 5.75 Å². The van der Waals surface area contributed by atoms with Gasteiger partial charge in [-0.25, -0.2) is 0 Å². The van der Waals surface area contributed by atoms with Gasteiger partial charge in [0, 0.05) is 19.2 Å². The van der Waals surface area contributed by atoms with Crippen molar-refractivity contribution < 1.29 is 14.7 Å². The van der Waals surface area contributed by atoms with Crippen molar-refractivity contribution >= 4 is 17.5 Å². The third-order valence-corrected chi connectivity index (χ3v) is 2.71. The topological polar surface area (TPSA) is 95.7 Å². The van der Waals surface area contributed by atoms with Gasteiger partial charge in [0.15, 0.2) is 0 Å². The van der Waals surface area contributed by atoms with Gasteiger partial charge in [0.2, 0.25) is 5.91 Å². The number of anilines is 1. The molecule has 0 spiro atoms. The number of nitrogens with one attached hydrogen (secondary N) is 1. The molecule has 2 amide bonds. The van der Waals surface area contributed by atoms with Gasteiger partial charge in [-0.2, -0.15) is 0 Å². The van der Waals surface area contributed by atoms with E-state index >= 15 is 0 Å². The molecule has 0 atom stereocenters. The number of nitrogens with zero attached hydrogens (tertiary/aromatic N) is 1. The maximum atomic E-state index is 12.1. The van der Waals surface area contributed by atoms with Crippen LogP contribution in [-0.2, 0) is 4.79 Å². The Hall–Kier alpha value is -2.24. The molecule has 4 N–H and O–H groups in total. The Bertz CT molecular complexity index is 500. The number of nitrogen functional groups attached to an aromatic ring is 1. The smallest absolute Gasteiger partial charge is 0.254 e. The van der Waals surface area contributed by atoms with Gasteiger partial charge in [-0.1, -0.05) is 13.8 Å². The molecule has 1 rings (SSSR count). The van der Waals surface area contributed by atoms with Crippen LogP contribution < -0.4 is 11.1 Å². The average Bonchev–Trinajstić information content (AvgIpc) is 2.38. The third kappa shape index (κ3) is 4.46. The number of nitrogens with two attached hydrogens (primary N) is 1. The number of phenols is 1. The summed E-state index contributed by atoms with van der Waals surface area (Å²) in [7, 11) is 1.53. The third-order valence-electron chi connectivity index (χ3n) is 2.71. The Kier molecular flexibility index (Phi) is 5.37. The van der Waals surface area contributed by atoms with Gasteiger partial charge in [-0.15, -0.1) is 0 Å². The first kappa shape index (κ1) is 15.8. The molecule has 0 radical (unpaired) electrons. The molecule has 0 aromatic heterocycles. The first-order valence-electron chi connectivity index (χ1n) is 6.42. The van der Waals surface area contributed by atoms with Crippen LogP contribution in [0.2, 0.25) is 0 Å². The van der Waals surface area contributed by atoms with E-state index in [-0.39, 0.29) is 35.4 Å². The van der Waals surface area contributed by atoms with Gasteiger partial charge in [0.1, 0.15) is 5.75 Å². The molecule has 0 saturated carbocycles. The van der Waals surface area contributed by atoms with Crippen LogP contribution >= 0.6 is 0 Å². The van der Waals surface area contributed by atoms with E-state index in [0.29, 0.717) is 12.5 Å². The predicted molar refractivity (Wildman–Crippen MR) is 77.3 cm³/mol. The highest BCUT2D eigenvalue weighted by atomic mass is 16.3. The average molecular weight is 279 g/mol. The van der Waals surface area contributed by atoms with Gasteiger partial charge >= 0.3 is 0 Å². The Morgan fingerprint density at radius 2 is 2.05 bits per heavy atom. The molecule has 0 unspecified atom stereocenters. The van der Waals surface area contributed by atoms with Crippen molar-refractivity contribution in [1.29, 1.82) is 0 Å². The number of likely N-dealkylation sites (N-methyl/N-ethyl adjacent to an activating group) is 1. The lowest BCUT2D eigenvalue weighted by Gasteiger charge is -2.17. The molecule has 1 aromatic carbocycles. The number of hydrogen-bond donors (Lipinski definition) is 3. The standard InChI is InChI=1S/C14H21N3O3/c1-9(2)7-16-13(19)8-17(3)14(20)10-4-5-11(15)12(18)6-10/h4-6,9,18H,7-8,15H2,1-3H3,(H,16,19). The highest BCUT2D eigenvalue weighted by molar-refractivity contribution is 5.97. The number of hydrogen-bond acceptors (Lipinski definition) is 4. The summed E-state index contributed by atoms with van der Waals surface area (Å²) in [6, 6.07) is 4.26. The van der Waals surface area contributed by atoms with Gasteiger partial charge < -0.3 is 21.1 Å². The second-order valence-corrected chi connectivity index (χ2v) is 5.13. The normalized spacial score (nSPS) is 10.4. The summed E-state index contributed by atoms with van der Waals surface area (Å²) in [5, 5.41) is 12.2. The van der Waals surface area contributed by atoms with E-state index in [9.17, 15) is 14.7 Å². The summed E-state index contributed by atoms with van der Waals surface area (Å²) < 4.78 is 0. The van der Waals surface area contributed by atoms with Crippen LogP contribution in [0.3, 0.4) is 0 Å². The highest BCUT2D eigenvalue weighted by Gasteiger charge is 2.16. The van der Waals surface area contributed by atoms with Crippen LogP contribution in [0.25, 0.3) is 0 Å². The van der Waals surface area contributed by atoms with Gasteiger partial charge in [-0.05, 0) is 24.1 Å². The molecule has 20 heavy (non-hydrogen) atoms. The Labute approximate surface area is 118 Å². The quantitative estimate of drug-likeness (QED) is 0.549. The summed E-state index contributed by atoms with van der Waals surface area (Å²) in [6.07, 6.45) is 0. The Morgan fingerprint density at radius 3 is 2.60 bits per heavy atom. The number of phenolic OH excluding ortho intramolecular Hbond substituents is 1. The van der Waals surface area contributed by atoms with Crippen molar-refractivity contribution in [3.63, 3.8) is 0 Å². The van der Waals surface area contributed by atoms with Crippen LogP contribution in [0.1, 0.15) is 24.2 Å². The van der Waals surface area contributed by atoms with E-state index < -0.39 is 0 Å². The lowest BCUT2D eigenvalue weighted by Crippen LogP contribution is -2.39. The molecule has 0 bridgehead atoms. The lowest BCUT2D eigenvalue weighted by molar-refractivity contribution is -0.121. The molecular formula is C14H21N3O3. The van der Waals surface area contributed by atoms with Crippen LogP contribution in [0.4, 0.5) is 5.69 Å². The molecule has 0 heterocycles. The maximum absolute atomic E-state index is 12.1. The minimum absolute atomic E-state index is 0.0311. The zero-order chi connectivity index (χ0) is 15.3. The second-order valence-electron chi connectivity index (χ2n) is 5.13. The number of benzene rings is 1. The van der Waals surface area contributed by atoms with Crippen LogP contribution in [0.15, 0.2) is 18.2 Å². The molecule has 0 aliphatic carbocycles. The Balaban J connectivity index is 2.62. The van der Waals surface area contributed by atoms with Crippen LogP contribution in [-0.4, -0.2) is 42.0 Å². The first-order chi connectivity index (χ1) is 9.31. The SMILES string of the molecule is CC(C)CNC(=O)CN(C)C(=O)c1ccc(N)c(O)c1. The monoisotopic (exact) mass is 279 g/mol. The van der Waals surface area contributed by atoms with Crippen molar-refractivity contribution in [2.45, 2.75) is 13.8 Å². The molecule has 0 saturated heterocycles. The Morgan fingerprint density at radius 1 is 1.40 bits per heavy atom. The van der Waals surface area contributed by atoms with Gasteiger partial charge in [-0.3, -0.25) is 9.59 Å². The molecule has 1 aromatic rings. The van der Waals surface area contributed by atoms with E-state index in [1.165, 1.54) is 30.1 Å². The first-order valence-corrected chi connectivity index (χ1v) is 6.42. The fraction of sp³-hybridized carbons (Fsp3) is 0.429. The fourth-order valence-corrected chi connectivity index (χ4v) is 1.56. The van der Waals surface area contributed by atoms with E-state index in [0.717, 1.165) is 0 Å². The van der Waals surface area contributed by atoms with Crippen molar-refractivity contribution in [2.75, 3.05) is 25.9 Å². The van der Waals surface area contributed by atoms with E-state index in [2.05, 4.69) is 5.32 Å². The molecule has 0 aliphatic heterocycles. The van der Waals surface area contributed by atoms with Crippen molar-refractivity contribution in [3.05, 3.63) is 23.8 Å². The number of carbonyl (C=O) groups excluding carboxylic acids is 2. The van der Waals surface area contributed by atoms with Gasteiger partial charge in [0.05, 0.1) is 12.2 Å². The summed E-state index contributed by atoms with van der Waals surface area (Å²) in [5.41, 5.74) is 5.97. The molecule has 6 nitrogen and oxygen atoms in total. The molecule has 110 valence electrons. The fourth-order valence-electron chi connectivity index (χ4n) is 1.56. The summed E-state index contributed by atoms with van der Waals surface area (Å²) in [6.45, 7) is 4.53. The second kappa shape index (κ2) is 6.79. The lowest BCUT2D eigenvalue weighted by atomic mass is 10.1. The summed E-state index contributed by atoms with van der Waals surface area (Å²) >= 11 is 0. The zero-order valence-electron chi connectivity index (χ0n) is 12.0. The van der Waals surface area contributed by atoms with E-state index in [4.69, 9.17) is 5.73 Å². The molecule has 6 heteroatoms. The summed E-state index contributed by atoms with van der Waals surface area (Å²) in [5.74, 6) is -0.350. The van der Waals surface area contributed by atoms with Gasteiger partial charge in [0.25, 0.3) is 5.91 Å². The predicted octanol–water partition coefficient (Wildman–Crippen LogP) is 0.819. The van der Waals surface area contributed by atoms with Crippen LogP contribution in [0, 0.1) is 5.92 Å². The largest absolute Gasteiger partial charge is 0.506 e. The summed E-state index contributed by atoms with van der Waals surface area (Å²) in [4.78, 5) is 25.0. The van der Waals surface area contributed by atoms with Crippen LogP contribution in [0.5, 0.6) is 5.75 Å². The van der Waals surface area contributed by atoms with Crippen molar-refractivity contribution in [2.24, 2.45) is 5.92 Å². The highest BCUT2D eigenvalue weighted by Crippen LogP contribution is 2.21. The van der Waals surface area contributed by atoms with Crippen molar-refractivity contribution in [1.82, 2.24) is 10.2 Å². The molecular weight excluding hydrogens is 258 g/mol. The number of carbonyl (C=O) groups is 2. The molecule has 0 aliphatic rings. The number of aromatic hydroxyl groups is 1. The maximum Gasteiger partial charge on any atom is 0.254 e. The van der Waals surface area contributed by atoms with E-state index in [1.807, 2.05) is 13.8 Å². The minimum atomic E-state index is -0.347.